The molecule has 82 valence electrons. The lowest BCUT2D eigenvalue weighted by atomic mass is 10.1. The Bertz CT molecular complexity index is 344. The highest BCUT2D eigenvalue weighted by Crippen LogP contribution is 2.31. The van der Waals surface area contributed by atoms with E-state index in [2.05, 4.69) is 52.9 Å². The van der Waals surface area contributed by atoms with E-state index in [1.54, 1.807) is 0 Å². The van der Waals surface area contributed by atoms with Crippen LogP contribution in [0.5, 0.6) is 0 Å². The maximum Gasteiger partial charge on any atom is 0.0210 e. The zero-order valence-electron chi connectivity index (χ0n) is 9.46. The monoisotopic (exact) mass is 267 g/mol. The summed E-state index contributed by atoms with van der Waals surface area (Å²) < 4.78 is 1.29. The molecule has 1 aromatic rings. The average Bonchev–Trinajstić information content (AvgIpc) is 2.65. The second kappa shape index (κ2) is 4.67. The lowest BCUT2D eigenvalue weighted by Crippen LogP contribution is -2.35. The van der Waals surface area contributed by atoms with Crippen LogP contribution in [0.3, 0.4) is 0 Å². The van der Waals surface area contributed by atoms with Crippen molar-refractivity contribution in [1.82, 2.24) is 4.90 Å². The summed E-state index contributed by atoms with van der Waals surface area (Å²) in [5, 5.41) is 0. The van der Waals surface area contributed by atoms with Gasteiger partial charge in [0.1, 0.15) is 0 Å². The number of hydrogen-bond donors (Lipinski definition) is 0. The Labute approximate surface area is 101 Å². The molecular formula is C13H18BrN. The SMILES string of the molecule is CCN(CC)C1Cc2cccc(Br)c2C1. The topological polar surface area (TPSA) is 3.24 Å². The van der Waals surface area contributed by atoms with Crippen molar-refractivity contribution in [1.29, 1.82) is 0 Å². The molecule has 0 saturated heterocycles. The van der Waals surface area contributed by atoms with Crippen molar-refractivity contribution < 1.29 is 0 Å². The largest absolute Gasteiger partial charge is 0.300 e. The van der Waals surface area contributed by atoms with Crippen LogP contribution in [0, 0.1) is 0 Å². The van der Waals surface area contributed by atoms with Gasteiger partial charge in [0.05, 0.1) is 0 Å². The van der Waals surface area contributed by atoms with Crippen LogP contribution in [-0.4, -0.2) is 24.0 Å². The number of rotatable bonds is 3. The molecule has 2 rings (SSSR count). The van der Waals surface area contributed by atoms with Gasteiger partial charge in [0.15, 0.2) is 0 Å². The van der Waals surface area contributed by atoms with Crippen LogP contribution in [0.15, 0.2) is 22.7 Å². The Morgan fingerprint density at radius 2 is 2.00 bits per heavy atom. The molecule has 0 saturated carbocycles. The molecule has 0 heterocycles. The first-order chi connectivity index (χ1) is 7.26. The Balaban J connectivity index is 2.18. The fraction of sp³-hybridized carbons (Fsp3) is 0.538. The van der Waals surface area contributed by atoms with E-state index in [-0.39, 0.29) is 0 Å². The van der Waals surface area contributed by atoms with E-state index in [0.29, 0.717) is 6.04 Å². The van der Waals surface area contributed by atoms with Gasteiger partial charge in [-0.05, 0) is 43.1 Å². The van der Waals surface area contributed by atoms with Crippen LogP contribution in [0.4, 0.5) is 0 Å². The van der Waals surface area contributed by atoms with E-state index in [0.717, 1.165) is 13.1 Å². The highest BCUT2D eigenvalue weighted by Gasteiger charge is 2.26. The number of nitrogens with zero attached hydrogens (tertiary/aromatic N) is 1. The Hall–Kier alpha value is -0.340. The first kappa shape index (κ1) is 11.2. The summed E-state index contributed by atoms with van der Waals surface area (Å²) in [5.74, 6) is 0. The molecule has 0 aromatic heterocycles. The summed E-state index contributed by atoms with van der Waals surface area (Å²) in [6, 6.07) is 7.29. The van der Waals surface area contributed by atoms with Gasteiger partial charge in [-0.25, -0.2) is 0 Å². The highest BCUT2D eigenvalue weighted by molar-refractivity contribution is 9.10. The van der Waals surface area contributed by atoms with Crippen molar-refractivity contribution in [3.8, 4) is 0 Å². The summed E-state index contributed by atoms with van der Waals surface area (Å²) in [6.45, 7) is 6.82. The van der Waals surface area contributed by atoms with Crippen molar-refractivity contribution in [2.45, 2.75) is 32.7 Å². The second-order valence-electron chi connectivity index (χ2n) is 4.16. The van der Waals surface area contributed by atoms with E-state index in [4.69, 9.17) is 0 Å². The standard InChI is InChI=1S/C13H18BrN/c1-3-15(4-2)11-8-10-6-5-7-13(14)12(10)9-11/h5-7,11H,3-4,8-9H2,1-2H3. The van der Waals surface area contributed by atoms with Gasteiger partial charge >= 0.3 is 0 Å². The molecule has 1 nitrogen and oxygen atoms in total. The minimum absolute atomic E-state index is 0.716. The number of likely N-dealkylation sites (N-methyl/N-ethyl adjacent to an activating group) is 1. The molecular weight excluding hydrogens is 250 g/mol. The first-order valence-electron chi connectivity index (χ1n) is 5.76. The van der Waals surface area contributed by atoms with Gasteiger partial charge in [0, 0.05) is 10.5 Å². The molecule has 0 amide bonds. The quantitative estimate of drug-likeness (QED) is 0.813. The normalized spacial score (nSPS) is 19.6. The number of hydrogen-bond acceptors (Lipinski definition) is 1. The van der Waals surface area contributed by atoms with Crippen molar-refractivity contribution in [2.75, 3.05) is 13.1 Å². The zero-order valence-corrected chi connectivity index (χ0v) is 11.0. The van der Waals surface area contributed by atoms with Crippen LogP contribution >= 0.6 is 15.9 Å². The van der Waals surface area contributed by atoms with Gasteiger partial charge in [-0.2, -0.15) is 0 Å². The molecule has 1 unspecified atom stereocenters. The van der Waals surface area contributed by atoms with Crippen molar-refractivity contribution >= 4 is 15.9 Å². The predicted molar refractivity (Wildman–Crippen MR) is 68.3 cm³/mol. The smallest absolute Gasteiger partial charge is 0.0210 e. The molecule has 15 heavy (non-hydrogen) atoms. The summed E-state index contributed by atoms with van der Waals surface area (Å²) >= 11 is 3.65. The van der Waals surface area contributed by atoms with Gasteiger partial charge in [-0.3, -0.25) is 0 Å². The molecule has 0 radical (unpaired) electrons. The maximum absolute atomic E-state index is 3.65. The Kier molecular flexibility index (Phi) is 3.47. The van der Waals surface area contributed by atoms with E-state index in [1.165, 1.54) is 28.4 Å². The van der Waals surface area contributed by atoms with E-state index < -0.39 is 0 Å². The molecule has 0 N–H and O–H groups in total. The number of halogens is 1. The first-order valence-corrected chi connectivity index (χ1v) is 6.55. The third-order valence-electron chi connectivity index (χ3n) is 3.44. The van der Waals surface area contributed by atoms with Gasteiger partial charge in [-0.1, -0.05) is 41.9 Å². The van der Waals surface area contributed by atoms with Crippen LogP contribution in [0.1, 0.15) is 25.0 Å². The summed E-state index contributed by atoms with van der Waals surface area (Å²) in [4.78, 5) is 2.56. The fourth-order valence-corrected chi connectivity index (χ4v) is 3.15. The third kappa shape index (κ3) is 2.11. The minimum atomic E-state index is 0.716. The van der Waals surface area contributed by atoms with Gasteiger partial charge in [0.25, 0.3) is 0 Å². The van der Waals surface area contributed by atoms with E-state index in [1.807, 2.05) is 0 Å². The second-order valence-corrected chi connectivity index (χ2v) is 5.02. The lowest BCUT2D eigenvalue weighted by molar-refractivity contribution is 0.223. The van der Waals surface area contributed by atoms with Crippen LogP contribution < -0.4 is 0 Å². The van der Waals surface area contributed by atoms with Crippen molar-refractivity contribution in [2.24, 2.45) is 0 Å². The zero-order chi connectivity index (χ0) is 10.8. The molecule has 1 aromatic carbocycles. The Morgan fingerprint density at radius 1 is 1.27 bits per heavy atom. The summed E-state index contributed by atoms with van der Waals surface area (Å²) in [6.07, 6.45) is 2.43. The summed E-state index contributed by atoms with van der Waals surface area (Å²) in [7, 11) is 0. The van der Waals surface area contributed by atoms with E-state index in [9.17, 15) is 0 Å². The van der Waals surface area contributed by atoms with Gasteiger partial charge in [0.2, 0.25) is 0 Å². The molecule has 1 aliphatic carbocycles. The Morgan fingerprint density at radius 3 is 2.60 bits per heavy atom. The van der Waals surface area contributed by atoms with Crippen LogP contribution in [0.25, 0.3) is 0 Å². The minimum Gasteiger partial charge on any atom is -0.300 e. The van der Waals surface area contributed by atoms with Gasteiger partial charge < -0.3 is 4.90 Å². The lowest BCUT2D eigenvalue weighted by Gasteiger charge is -2.25. The molecule has 0 bridgehead atoms. The summed E-state index contributed by atoms with van der Waals surface area (Å²) in [5.41, 5.74) is 3.05. The fourth-order valence-electron chi connectivity index (χ4n) is 2.58. The highest BCUT2D eigenvalue weighted by atomic mass is 79.9. The molecule has 2 heteroatoms. The number of benzene rings is 1. The van der Waals surface area contributed by atoms with E-state index >= 15 is 0 Å². The molecule has 0 fully saturated rings. The van der Waals surface area contributed by atoms with Crippen molar-refractivity contribution in [3.05, 3.63) is 33.8 Å². The molecule has 1 aliphatic rings. The molecule has 0 spiro atoms. The third-order valence-corrected chi connectivity index (χ3v) is 4.18. The van der Waals surface area contributed by atoms with Crippen molar-refractivity contribution in [3.63, 3.8) is 0 Å². The molecule has 1 atom stereocenters. The number of fused-ring (bicyclic) bond motifs is 1. The maximum atomic E-state index is 3.65. The average molecular weight is 268 g/mol. The van der Waals surface area contributed by atoms with Crippen LogP contribution in [-0.2, 0) is 12.8 Å². The van der Waals surface area contributed by atoms with Gasteiger partial charge in [-0.15, -0.1) is 0 Å². The van der Waals surface area contributed by atoms with Crippen LogP contribution in [0.2, 0.25) is 0 Å². The predicted octanol–water partition coefficient (Wildman–Crippen LogP) is 3.26. The molecule has 0 aliphatic heterocycles.